The second-order valence-electron chi connectivity index (χ2n) is 8.43. The number of ether oxygens (including phenoxy) is 2. The van der Waals surface area contributed by atoms with Crippen molar-refractivity contribution in [1.82, 2.24) is 5.32 Å². The Morgan fingerprint density at radius 3 is 2.21 bits per heavy atom. The fourth-order valence-corrected chi connectivity index (χ4v) is 3.59. The van der Waals surface area contributed by atoms with Crippen LogP contribution in [0.15, 0.2) is 78.9 Å². The van der Waals surface area contributed by atoms with Crippen LogP contribution in [0.2, 0.25) is 0 Å². The fraction of sp³-hybridized carbons (Fsp3) is 0.321. The normalized spacial score (nSPS) is 13.6. The van der Waals surface area contributed by atoms with Gasteiger partial charge < -0.3 is 25.6 Å². The van der Waals surface area contributed by atoms with Crippen LogP contribution in [0.1, 0.15) is 43.1 Å². The van der Waals surface area contributed by atoms with E-state index in [1.54, 1.807) is 0 Å². The minimum absolute atomic E-state index is 0.170. The summed E-state index contributed by atoms with van der Waals surface area (Å²) >= 11 is 0. The van der Waals surface area contributed by atoms with Crippen molar-refractivity contribution in [3.8, 4) is 11.5 Å². The van der Waals surface area contributed by atoms with E-state index >= 15 is 0 Å². The van der Waals surface area contributed by atoms with Gasteiger partial charge in [0.25, 0.3) is 5.91 Å². The van der Waals surface area contributed by atoms with E-state index in [1.807, 2.05) is 85.8 Å². The van der Waals surface area contributed by atoms with E-state index in [2.05, 4.69) is 12.2 Å². The van der Waals surface area contributed by atoms with Crippen molar-refractivity contribution in [3.05, 3.63) is 95.6 Å². The van der Waals surface area contributed by atoms with Crippen LogP contribution < -0.4 is 20.5 Å². The van der Waals surface area contributed by atoms with E-state index in [-0.39, 0.29) is 6.04 Å². The molecular formula is C28H34N2O4. The molecule has 0 spiro atoms. The summed E-state index contributed by atoms with van der Waals surface area (Å²) in [5.74, 6) is 0.938. The molecule has 3 aromatic rings. The molecule has 0 aliphatic carbocycles. The molecule has 3 aromatic carbocycles. The van der Waals surface area contributed by atoms with E-state index in [0.717, 1.165) is 28.9 Å². The van der Waals surface area contributed by atoms with Gasteiger partial charge in [-0.05, 0) is 60.7 Å². The summed E-state index contributed by atoms with van der Waals surface area (Å²) in [7, 11) is 0. The van der Waals surface area contributed by atoms with E-state index < -0.39 is 18.1 Å². The Balaban J connectivity index is 1.42. The average Bonchev–Trinajstić information content (AvgIpc) is 2.86. The fourth-order valence-electron chi connectivity index (χ4n) is 3.59. The number of nitrogens with one attached hydrogen (secondary N) is 1. The number of carbonyl (C=O) groups is 1. The third-order valence-electron chi connectivity index (χ3n) is 5.60. The molecule has 3 rings (SSSR count). The summed E-state index contributed by atoms with van der Waals surface area (Å²) in [6.45, 7) is 4.90. The molecule has 0 fully saturated rings. The van der Waals surface area contributed by atoms with Crippen molar-refractivity contribution >= 4 is 5.91 Å². The van der Waals surface area contributed by atoms with Crippen molar-refractivity contribution < 1.29 is 19.4 Å². The van der Waals surface area contributed by atoms with E-state index in [4.69, 9.17) is 15.2 Å². The minimum atomic E-state index is -0.614. The molecule has 0 bridgehead atoms. The second-order valence-corrected chi connectivity index (χ2v) is 8.43. The zero-order chi connectivity index (χ0) is 24.3. The van der Waals surface area contributed by atoms with Gasteiger partial charge in [-0.25, -0.2) is 0 Å². The Hall–Kier alpha value is -3.35. The number of primary amides is 1. The van der Waals surface area contributed by atoms with E-state index in [1.165, 1.54) is 0 Å². The number of hydrogen-bond donors (Lipinski definition) is 3. The van der Waals surface area contributed by atoms with Gasteiger partial charge >= 0.3 is 0 Å². The van der Waals surface area contributed by atoms with Crippen LogP contribution in [0.25, 0.3) is 0 Å². The number of carbonyl (C=O) groups excluding carboxylic acids is 1. The zero-order valence-corrected chi connectivity index (χ0v) is 19.8. The van der Waals surface area contributed by atoms with Crippen LogP contribution in [0.5, 0.6) is 11.5 Å². The molecule has 0 saturated carbocycles. The maximum Gasteiger partial charge on any atom is 0.258 e. The van der Waals surface area contributed by atoms with Gasteiger partial charge in [0.2, 0.25) is 0 Å². The van der Waals surface area contributed by atoms with Crippen LogP contribution in [-0.4, -0.2) is 29.7 Å². The number of hydrogen-bond acceptors (Lipinski definition) is 5. The SMILES string of the molecule is CCC(Oc1ccc(CC(C)NCC(O)c2ccc(OCc3ccccc3)cc2)cc1)C(N)=O. The zero-order valence-electron chi connectivity index (χ0n) is 19.8. The summed E-state index contributed by atoms with van der Waals surface area (Å²) in [4.78, 5) is 11.3. The number of aliphatic hydroxyl groups is 1. The van der Waals surface area contributed by atoms with Crippen LogP contribution in [0.3, 0.4) is 0 Å². The first-order valence-electron chi connectivity index (χ1n) is 11.7. The lowest BCUT2D eigenvalue weighted by molar-refractivity contribution is -0.124. The second kappa shape index (κ2) is 12.8. The molecule has 6 nitrogen and oxygen atoms in total. The lowest BCUT2D eigenvalue weighted by Gasteiger charge is -2.18. The Morgan fingerprint density at radius 2 is 1.59 bits per heavy atom. The third kappa shape index (κ3) is 7.90. The Kier molecular flexibility index (Phi) is 9.50. The molecule has 0 aliphatic heterocycles. The maximum atomic E-state index is 11.3. The maximum absolute atomic E-state index is 11.3. The van der Waals surface area contributed by atoms with Gasteiger partial charge in [-0.15, -0.1) is 0 Å². The minimum Gasteiger partial charge on any atom is -0.489 e. The highest BCUT2D eigenvalue weighted by Crippen LogP contribution is 2.19. The Labute approximate surface area is 201 Å². The predicted octanol–water partition coefficient (Wildman–Crippen LogP) is 4.16. The highest BCUT2D eigenvalue weighted by Gasteiger charge is 2.15. The van der Waals surface area contributed by atoms with Gasteiger partial charge in [0.15, 0.2) is 6.10 Å². The van der Waals surface area contributed by atoms with Crippen LogP contribution in [0.4, 0.5) is 0 Å². The summed E-state index contributed by atoms with van der Waals surface area (Å²) in [6, 6.07) is 25.4. The number of benzene rings is 3. The molecule has 3 unspecified atom stereocenters. The van der Waals surface area contributed by atoms with Crippen LogP contribution >= 0.6 is 0 Å². The van der Waals surface area contributed by atoms with Gasteiger partial charge in [0, 0.05) is 12.6 Å². The molecule has 1 amide bonds. The lowest BCUT2D eigenvalue weighted by Crippen LogP contribution is -2.33. The molecule has 0 aliphatic rings. The Morgan fingerprint density at radius 1 is 0.941 bits per heavy atom. The van der Waals surface area contributed by atoms with Gasteiger partial charge in [-0.2, -0.15) is 0 Å². The number of aliphatic hydroxyl groups excluding tert-OH is 1. The van der Waals surface area contributed by atoms with Crippen LogP contribution in [0, 0.1) is 0 Å². The average molecular weight is 463 g/mol. The topological polar surface area (TPSA) is 93.8 Å². The number of rotatable bonds is 13. The van der Waals surface area contributed by atoms with Crippen molar-refractivity contribution in [1.29, 1.82) is 0 Å². The molecule has 34 heavy (non-hydrogen) atoms. The number of amides is 1. The largest absolute Gasteiger partial charge is 0.489 e. The summed E-state index contributed by atoms with van der Waals surface area (Å²) in [6.07, 6.45) is 0.106. The first-order chi connectivity index (χ1) is 16.4. The lowest BCUT2D eigenvalue weighted by atomic mass is 10.1. The third-order valence-corrected chi connectivity index (χ3v) is 5.60. The molecule has 4 N–H and O–H groups in total. The van der Waals surface area contributed by atoms with Gasteiger partial charge in [0.1, 0.15) is 18.1 Å². The predicted molar refractivity (Wildman–Crippen MR) is 134 cm³/mol. The summed E-state index contributed by atoms with van der Waals surface area (Å²) < 4.78 is 11.4. The first-order valence-corrected chi connectivity index (χ1v) is 11.7. The molecule has 180 valence electrons. The highest BCUT2D eigenvalue weighted by atomic mass is 16.5. The van der Waals surface area contributed by atoms with Crippen LogP contribution in [-0.2, 0) is 17.8 Å². The first kappa shape index (κ1) is 25.3. The van der Waals surface area contributed by atoms with Gasteiger partial charge in [-0.1, -0.05) is 61.5 Å². The van der Waals surface area contributed by atoms with Crippen molar-refractivity contribution in [2.24, 2.45) is 5.73 Å². The standard InChI is InChI=1S/C28H34N2O4/c1-3-27(28(29)32)34-25-13-9-21(10-14-25)17-20(2)30-18-26(31)23-11-15-24(16-12-23)33-19-22-7-5-4-6-8-22/h4-16,20,26-27,30-31H,3,17-19H2,1-2H3,(H2,29,32). The smallest absolute Gasteiger partial charge is 0.258 e. The molecule has 0 saturated heterocycles. The van der Waals surface area contributed by atoms with Gasteiger partial charge in [-0.3, -0.25) is 4.79 Å². The molecule has 0 heterocycles. The van der Waals surface area contributed by atoms with Crippen molar-refractivity contribution in [3.63, 3.8) is 0 Å². The molecule has 6 heteroatoms. The molecule has 0 radical (unpaired) electrons. The van der Waals surface area contributed by atoms with Gasteiger partial charge in [0.05, 0.1) is 6.10 Å². The quantitative estimate of drug-likeness (QED) is 0.355. The molecule has 3 atom stereocenters. The van der Waals surface area contributed by atoms with E-state index in [9.17, 15) is 9.90 Å². The Bertz CT molecular complexity index is 1010. The number of nitrogens with two attached hydrogens (primary N) is 1. The van der Waals surface area contributed by atoms with Crippen molar-refractivity contribution in [2.75, 3.05) is 6.54 Å². The summed E-state index contributed by atoms with van der Waals surface area (Å²) in [5, 5.41) is 14.0. The summed E-state index contributed by atoms with van der Waals surface area (Å²) in [5.41, 5.74) is 8.42. The monoisotopic (exact) mass is 462 g/mol. The highest BCUT2D eigenvalue weighted by molar-refractivity contribution is 5.79. The van der Waals surface area contributed by atoms with Crippen molar-refractivity contribution in [2.45, 2.75) is 51.5 Å². The molecular weight excluding hydrogens is 428 g/mol. The van der Waals surface area contributed by atoms with E-state index in [0.29, 0.717) is 25.3 Å². The molecule has 0 aromatic heterocycles.